The molecule has 0 bridgehead atoms. The van der Waals surface area contributed by atoms with Crippen LogP contribution < -0.4 is 11.1 Å². The fourth-order valence-corrected chi connectivity index (χ4v) is 3.27. The number of thiazole rings is 1. The first-order chi connectivity index (χ1) is 13.6. The van der Waals surface area contributed by atoms with Gasteiger partial charge in [0.1, 0.15) is 5.58 Å². The van der Waals surface area contributed by atoms with Gasteiger partial charge in [-0.25, -0.2) is 9.78 Å². The van der Waals surface area contributed by atoms with E-state index in [1.165, 1.54) is 23.6 Å². The first-order valence-corrected chi connectivity index (χ1v) is 9.01. The number of hydrogen-bond donors (Lipinski definition) is 1. The maximum atomic E-state index is 12.2. The van der Waals surface area contributed by atoms with Gasteiger partial charge in [0.25, 0.3) is 5.69 Å². The van der Waals surface area contributed by atoms with E-state index in [4.69, 9.17) is 4.42 Å². The van der Waals surface area contributed by atoms with Crippen LogP contribution in [0.4, 0.5) is 10.8 Å². The summed E-state index contributed by atoms with van der Waals surface area (Å²) in [4.78, 5) is 27.1. The molecule has 4 rings (SSSR count). The summed E-state index contributed by atoms with van der Waals surface area (Å²) in [5.41, 5.74) is 3.91. The van der Waals surface area contributed by atoms with E-state index in [2.05, 4.69) is 15.5 Å². The average molecular weight is 392 g/mol. The van der Waals surface area contributed by atoms with E-state index in [9.17, 15) is 14.9 Å². The Balaban J connectivity index is 1.57. The Kier molecular flexibility index (Phi) is 4.65. The van der Waals surface area contributed by atoms with Crippen molar-refractivity contribution in [1.82, 2.24) is 4.98 Å². The molecular formula is C19H12N4O4S. The molecule has 2 aromatic carbocycles. The molecule has 0 amide bonds. The maximum absolute atomic E-state index is 12.2. The number of nitrogens with zero attached hydrogens (tertiary/aromatic N) is 3. The molecule has 0 saturated carbocycles. The van der Waals surface area contributed by atoms with Crippen LogP contribution in [0.2, 0.25) is 0 Å². The van der Waals surface area contributed by atoms with Crippen LogP contribution in [-0.2, 0) is 0 Å². The lowest BCUT2D eigenvalue weighted by molar-refractivity contribution is -0.385. The number of hydrogen-bond acceptors (Lipinski definition) is 8. The highest BCUT2D eigenvalue weighted by Gasteiger charge is 2.12. The molecule has 0 aliphatic rings. The Labute approximate surface area is 161 Å². The number of nitro groups is 1. The highest BCUT2D eigenvalue weighted by Crippen LogP contribution is 2.25. The number of rotatable bonds is 5. The van der Waals surface area contributed by atoms with E-state index in [1.54, 1.807) is 41.8 Å². The van der Waals surface area contributed by atoms with Gasteiger partial charge in [-0.05, 0) is 18.2 Å². The molecule has 0 spiro atoms. The first kappa shape index (κ1) is 17.6. The molecule has 2 heterocycles. The molecule has 0 saturated heterocycles. The van der Waals surface area contributed by atoms with Gasteiger partial charge in [0, 0.05) is 16.8 Å². The van der Waals surface area contributed by atoms with Crippen molar-refractivity contribution in [3.05, 3.63) is 86.1 Å². The van der Waals surface area contributed by atoms with Crippen LogP contribution in [0.15, 0.2) is 74.3 Å². The summed E-state index contributed by atoms with van der Waals surface area (Å²) in [6.45, 7) is 0. The smallest absolute Gasteiger partial charge is 0.345 e. The molecule has 138 valence electrons. The predicted octanol–water partition coefficient (Wildman–Crippen LogP) is 4.27. The zero-order chi connectivity index (χ0) is 19.5. The van der Waals surface area contributed by atoms with Gasteiger partial charge in [-0.2, -0.15) is 5.10 Å². The zero-order valence-corrected chi connectivity index (χ0v) is 15.1. The monoisotopic (exact) mass is 392 g/mol. The SMILES string of the molecule is O=c1oc2ccccc2cc1-c1csc(N/N=C/c2ccccc2[N+](=O)[O-])n1. The molecule has 28 heavy (non-hydrogen) atoms. The third kappa shape index (κ3) is 3.51. The van der Waals surface area contributed by atoms with Crippen LogP contribution in [0, 0.1) is 10.1 Å². The van der Waals surface area contributed by atoms with Gasteiger partial charge in [0.2, 0.25) is 5.13 Å². The van der Waals surface area contributed by atoms with Crippen LogP contribution >= 0.6 is 11.3 Å². The molecule has 9 heteroatoms. The first-order valence-electron chi connectivity index (χ1n) is 8.13. The highest BCUT2D eigenvalue weighted by atomic mass is 32.1. The standard InChI is InChI=1S/C19H12N4O4S/c24-18-14(9-12-5-2-4-8-17(12)27-18)15-11-28-19(21-15)22-20-10-13-6-1-3-7-16(13)23(25)26/h1-11H,(H,21,22)/b20-10+. The van der Waals surface area contributed by atoms with Crippen molar-refractivity contribution in [1.29, 1.82) is 0 Å². The number of hydrazone groups is 1. The van der Waals surface area contributed by atoms with Gasteiger partial charge in [-0.3, -0.25) is 15.5 Å². The number of fused-ring (bicyclic) bond motifs is 1. The topological polar surface area (TPSA) is 111 Å². The van der Waals surface area contributed by atoms with Crippen molar-refractivity contribution in [3.8, 4) is 11.3 Å². The second kappa shape index (κ2) is 7.41. The minimum Gasteiger partial charge on any atom is -0.422 e. The molecule has 0 aliphatic heterocycles. The van der Waals surface area contributed by atoms with Crippen molar-refractivity contribution in [3.63, 3.8) is 0 Å². The lowest BCUT2D eigenvalue weighted by atomic mass is 10.1. The van der Waals surface area contributed by atoms with Crippen molar-refractivity contribution in [2.75, 3.05) is 5.43 Å². The Bertz CT molecular complexity index is 1260. The third-order valence-corrected chi connectivity index (χ3v) is 4.67. The summed E-state index contributed by atoms with van der Waals surface area (Å²) >= 11 is 1.25. The van der Waals surface area contributed by atoms with Crippen molar-refractivity contribution < 1.29 is 9.34 Å². The summed E-state index contributed by atoms with van der Waals surface area (Å²) in [6, 6.07) is 15.2. The van der Waals surface area contributed by atoms with Gasteiger partial charge >= 0.3 is 5.63 Å². The van der Waals surface area contributed by atoms with E-state index < -0.39 is 10.5 Å². The zero-order valence-electron chi connectivity index (χ0n) is 14.2. The number of anilines is 1. The fourth-order valence-electron chi connectivity index (χ4n) is 2.61. The molecule has 8 nitrogen and oxygen atoms in total. The van der Waals surface area contributed by atoms with Crippen LogP contribution in [0.3, 0.4) is 0 Å². The molecule has 0 aliphatic carbocycles. The summed E-state index contributed by atoms with van der Waals surface area (Å²) < 4.78 is 5.33. The van der Waals surface area contributed by atoms with Crippen LogP contribution in [0.25, 0.3) is 22.2 Å². The van der Waals surface area contributed by atoms with E-state index >= 15 is 0 Å². The third-order valence-electron chi connectivity index (χ3n) is 3.92. The molecule has 0 atom stereocenters. The molecular weight excluding hydrogens is 380 g/mol. The number of benzene rings is 2. The van der Waals surface area contributed by atoms with E-state index in [-0.39, 0.29) is 5.69 Å². The normalized spacial score (nSPS) is 11.1. The van der Waals surface area contributed by atoms with Gasteiger partial charge in [-0.15, -0.1) is 11.3 Å². The molecule has 4 aromatic rings. The predicted molar refractivity (Wildman–Crippen MR) is 108 cm³/mol. The van der Waals surface area contributed by atoms with Crippen LogP contribution in [0.1, 0.15) is 5.56 Å². The molecule has 0 unspecified atom stereocenters. The molecule has 2 aromatic heterocycles. The highest BCUT2D eigenvalue weighted by molar-refractivity contribution is 7.14. The molecule has 0 radical (unpaired) electrons. The second-order valence-electron chi connectivity index (χ2n) is 5.71. The minimum absolute atomic E-state index is 0.0401. The van der Waals surface area contributed by atoms with E-state index in [1.807, 2.05) is 12.1 Å². The number of aromatic nitrogens is 1. The van der Waals surface area contributed by atoms with Gasteiger partial charge < -0.3 is 4.42 Å². The lowest BCUT2D eigenvalue weighted by Gasteiger charge is -1.99. The van der Waals surface area contributed by atoms with Gasteiger partial charge in [-0.1, -0.05) is 30.3 Å². The number of nitro benzene ring substituents is 1. The average Bonchev–Trinajstić information content (AvgIpc) is 3.16. The summed E-state index contributed by atoms with van der Waals surface area (Å²) in [5.74, 6) is 0. The lowest BCUT2D eigenvalue weighted by Crippen LogP contribution is -2.02. The second-order valence-corrected chi connectivity index (χ2v) is 6.57. The maximum Gasteiger partial charge on any atom is 0.345 e. The number of nitrogens with one attached hydrogen (secondary N) is 1. The molecule has 1 N–H and O–H groups in total. The summed E-state index contributed by atoms with van der Waals surface area (Å²) in [7, 11) is 0. The van der Waals surface area contributed by atoms with Crippen molar-refractivity contribution in [2.24, 2.45) is 5.10 Å². The van der Waals surface area contributed by atoms with Gasteiger partial charge in [0.15, 0.2) is 0 Å². The Morgan fingerprint density at radius 2 is 1.96 bits per heavy atom. The quantitative estimate of drug-likeness (QED) is 0.235. The Morgan fingerprint density at radius 3 is 2.82 bits per heavy atom. The van der Waals surface area contributed by atoms with E-state index in [0.29, 0.717) is 27.5 Å². The Hall–Kier alpha value is -3.85. The fraction of sp³-hybridized carbons (Fsp3) is 0. The Morgan fingerprint density at radius 1 is 1.18 bits per heavy atom. The van der Waals surface area contributed by atoms with Crippen molar-refractivity contribution in [2.45, 2.75) is 0 Å². The van der Waals surface area contributed by atoms with Gasteiger partial charge in [0.05, 0.1) is 28.0 Å². The van der Waals surface area contributed by atoms with E-state index in [0.717, 1.165) is 5.39 Å². The summed E-state index contributed by atoms with van der Waals surface area (Å²) in [6.07, 6.45) is 1.35. The minimum atomic E-state index is -0.473. The largest absolute Gasteiger partial charge is 0.422 e. The molecule has 0 fully saturated rings. The van der Waals surface area contributed by atoms with Crippen molar-refractivity contribution >= 4 is 39.3 Å². The van der Waals surface area contributed by atoms with Crippen LogP contribution in [0.5, 0.6) is 0 Å². The summed E-state index contributed by atoms with van der Waals surface area (Å²) in [5, 5.41) is 18.0. The number of para-hydroxylation sites is 2. The van der Waals surface area contributed by atoms with Crippen LogP contribution in [-0.4, -0.2) is 16.1 Å².